The Hall–Kier alpha value is -3.05. The van der Waals surface area contributed by atoms with Crippen LogP contribution in [0.15, 0.2) is 98.1 Å². The maximum Gasteiger partial charge on any atom is 0.284 e. The van der Waals surface area contributed by atoms with Crippen molar-refractivity contribution in [3.8, 4) is 11.5 Å². The number of amidine groups is 1. The molecule has 7 nitrogen and oxygen atoms in total. The molecule has 3 aromatic rings. The number of rotatable bonds is 9. The Labute approximate surface area is 239 Å². The van der Waals surface area contributed by atoms with Gasteiger partial charge in [-0.2, -0.15) is 8.42 Å². The first kappa shape index (κ1) is 28.0. The van der Waals surface area contributed by atoms with E-state index in [0.717, 1.165) is 21.8 Å². The minimum absolute atomic E-state index is 0.0225. The van der Waals surface area contributed by atoms with Gasteiger partial charge in [-0.15, -0.1) is 11.0 Å². The molecule has 3 aromatic carbocycles. The number of thioether (sulfide) groups is 1. The van der Waals surface area contributed by atoms with Crippen LogP contribution in [-0.2, 0) is 21.4 Å². The van der Waals surface area contributed by atoms with Gasteiger partial charge < -0.3 is 9.47 Å². The standard InChI is InChI=1S/C27H22BrClN2O5S2/c1-3-14-31-26(32)25(37-27(31)30-38(33,34)21-11-9-20(28)10-12-21)16-18-8-13-23(24(15-18)35-2)36-17-19-6-4-5-7-22(19)29/h3-13,15-16H,1,14,17H2,2H3/b25-16-,30-27?. The molecule has 1 saturated heterocycles. The molecule has 196 valence electrons. The fourth-order valence-electron chi connectivity index (χ4n) is 3.44. The summed E-state index contributed by atoms with van der Waals surface area (Å²) in [6.45, 7) is 4.04. The second kappa shape index (κ2) is 12.2. The van der Waals surface area contributed by atoms with E-state index in [-0.39, 0.29) is 29.1 Å². The first-order chi connectivity index (χ1) is 18.2. The number of sulfonamides is 1. The van der Waals surface area contributed by atoms with Crippen LogP contribution in [0.25, 0.3) is 6.08 Å². The number of benzene rings is 3. The number of hydrogen-bond acceptors (Lipinski definition) is 6. The van der Waals surface area contributed by atoms with E-state index in [2.05, 4.69) is 26.9 Å². The number of carbonyl (C=O) groups is 1. The number of halogens is 2. The van der Waals surface area contributed by atoms with E-state index < -0.39 is 10.0 Å². The average Bonchev–Trinajstić information content (AvgIpc) is 3.17. The summed E-state index contributed by atoms with van der Waals surface area (Å²) in [5, 5.41) is 0.656. The fourth-order valence-corrected chi connectivity index (χ4v) is 6.09. The smallest absolute Gasteiger partial charge is 0.284 e. The van der Waals surface area contributed by atoms with Gasteiger partial charge in [0.1, 0.15) is 6.61 Å². The highest BCUT2D eigenvalue weighted by Crippen LogP contribution is 2.36. The van der Waals surface area contributed by atoms with Crippen molar-refractivity contribution < 1.29 is 22.7 Å². The number of amides is 1. The minimum Gasteiger partial charge on any atom is -0.493 e. The molecule has 0 unspecified atom stereocenters. The molecule has 1 aliphatic rings. The Balaban J connectivity index is 1.59. The molecule has 0 atom stereocenters. The van der Waals surface area contributed by atoms with Gasteiger partial charge in [0.25, 0.3) is 15.9 Å². The molecular formula is C27H22BrClN2O5S2. The Kier molecular flexibility index (Phi) is 8.99. The predicted molar refractivity (Wildman–Crippen MR) is 155 cm³/mol. The third-order valence-corrected chi connectivity index (χ3v) is 8.64. The Morgan fingerprint density at radius 1 is 1.11 bits per heavy atom. The van der Waals surface area contributed by atoms with Gasteiger partial charge in [-0.05, 0) is 65.9 Å². The molecule has 0 saturated carbocycles. The molecule has 1 heterocycles. The van der Waals surface area contributed by atoms with Crippen LogP contribution in [-0.4, -0.2) is 38.0 Å². The number of hydrogen-bond donors (Lipinski definition) is 0. The molecule has 0 aromatic heterocycles. The Morgan fingerprint density at radius 2 is 1.84 bits per heavy atom. The van der Waals surface area contributed by atoms with Crippen molar-refractivity contribution in [3.05, 3.63) is 105 Å². The summed E-state index contributed by atoms with van der Waals surface area (Å²) in [5.41, 5.74) is 1.50. The summed E-state index contributed by atoms with van der Waals surface area (Å²) in [5.74, 6) is 0.602. The lowest BCUT2D eigenvalue weighted by molar-refractivity contribution is -0.121. The van der Waals surface area contributed by atoms with Crippen molar-refractivity contribution in [2.45, 2.75) is 11.5 Å². The fraction of sp³-hybridized carbons (Fsp3) is 0.111. The number of carbonyl (C=O) groups excluding carboxylic acids is 1. The molecule has 0 bridgehead atoms. The van der Waals surface area contributed by atoms with E-state index in [1.165, 1.54) is 30.2 Å². The van der Waals surface area contributed by atoms with E-state index in [0.29, 0.717) is 27.0 Å². The van der Waals surface area contributed by atoms with Crippen LogP contribution in [0.2, 0.25) is 5.02 Å². The lowest BCUT2D eigenvalue weighted by atomic mass is 10.1. The number of ether oxygens (including phenoxy) is 2. The average molecular weight is 634 g/mol. The van der Waals surface area contributed by atoms with Crippen molar-refractivity contribution >= 4 is 66.5 Å². The van der Waals surface area contributed by atoms with E-state index in [1.54, 1.807) is 42.5 Å². The molecule has 4 rings (SSSR count). The van der Waals surface area contributed by atoms with Crippen LogP contribution in [0.5, 0.6) is 11.5 Å². The van der Waals surface area contributed by atoms with Crippen LogP contribution in [0.1, 0.15) is 11.1 Å². The molecule has 38 heavy (non-hydrogen) atoms. The summed E-state index contributed by atoms with van der Waals surface area (Å²) < 4.78 is 41.9. The summed E-state index contributed by atoms with van der Waals surface area (Å²) in [4.78, 5) is 14.7. The van der Waals surface area contributed by atoms with Gasteiger partial charge in [0.15, 0.2) is 16.7 Å². The maximum atomic E-state index is 13.1. The van der Waals surface area contributed by atoms with Crippen molar-refractivity contribution in [1.29, 1.82) is 0 Å². The largest absolute Gasteiger partial charge is 0.493 e. The monoisotopic (exact) mass is 632 g/mol. The van der Waals surface area contributed by atoms with Crippen molar-refractivity contribution in [3.63, 3.8) is 0 Å². The van der Waals surface area contributed by atoms with Crippen LogP contribution in [0.3, 0.4) is 0 Å². The SMILES string of the molecule is C=CCN1C(=O)/C(=C/c2ccc(OCc3ccccc3Cl)c(OC)c2)SC1=NS(=O)(=O)c1ccc(Br)cc1. The van der Waals surface area contributed by atoms with E-state index >= 15 is 0 Å². The van der Waals surface area contributed by atoms with Crippen LogP contribution >= 0.6 is 39.3 Å². The highest BCUT2D eigenvalue weighted by molar-refractivity contribution is 9.10. The lowest BCUT2D eigenvalue weighted by Gasteiger charge is -2.13. The quantitative estimate of drug-likeness (QED) is 0.197. The van der Waals surface area contributed by atoms with Gasteiger partial charge in [-0.1, -0.05) is 57.9 Å². The molecular weight excluding hydrogens is 612 g/mol. The van der Waals surface area contributed by atoms with Gasteiger partial charge in [-0.25, -0.2) is 0 Å². The third-order valence-electron chi connectivity index (χ3n) is 5.34. The highest BCUT2D eigenvalue weighted by Gasteiger charge is 2.34. The van der Waals surface area contributed by atoms with E-state index in [9.17, 15) is 13.2 Å². The van der Waals surface area contributed by atoms with Gasteiger partial charge in [0, 0.05) is 21.6 Å². The second-order valence-electron chi connectivity index (χ2n) is 7.91. The molecule has 0 aliphatic carbocycles. The molecule has 1 aliphatic heterocycles. The molecule has 0 N–H and O–H groups in total. The van der Waals surface area contributed by atoms with Gasteiger partial charge in [-0.3, -0.25) is 9.69 Å². The first-order valence-electron chi connectivity index (χ1n) is 11.2. The van der Waals surface area contributed by atoms with Gasteiger partial charge >= 0.3 is 0 Å². The molecule has 1 amide bonds. The third kappa shape index (κ3) is 6.50. The summed E-state index contributed by atoms with van der Waals surface area (Å²) in [6.07, 6.45) is 3.16. The van der Waals surface area contributed by atoms with Crippen LogP contribution in [0, 0.1) is 0 Å². The van der Waals surface area contributed by atoms with Crippen molar-refractivity contribution in [2.24, 2.45) is 4.40 Å². The lowest BCUT2D eigenvalue weighted by Crippen LogP contribution is -2.29. The van der Waals surface area contributed by atoms with Crippen molar-refractivity contribution in [2.75, 3.05) is 13.7 Å². The summed E-state index contributed by atoms with van der Waals surface area (Å²) >= 11 is 10.5. The Morgan fingerprint density at radius 3 is 2.53 bits per heavy atom. The number of nitrogens with zero attached hydrogens (tertiary/aromatic N) is 2. The second-order valence-corrected chi connectivity index (χ2v) is 11.8. The zero-order valence-electron chi connectivity index (χ0n) is 20.1. The zero-order valence-corrected chi connectivity index (χ0v) is 24.1. The zero-order chi connectivity index (χ0) is 27.3. The van der Waals surface area contributed by atoms with E-state index in [4.69, 9.17) is 21.1 Å². The number of methoxy groups -OCH3 is 1. The van der Waals surface area contributed by atoms with Gasteiger partial charge in [0.2, 0.25) is 0 Å². The predicted octanol–water partition coefficient (Wildman–Crippen LogP) is 6.54. The first-order valence-corrected chi connectivity index (χ1v) is 14.6. The van der Waals surface area contributed by atoms with E-state index in [1.807, 2.05) is 18.2 Å². The highest BCUT2D eigenvalue weighted by atomic mass is 79.9. The molecule has 0 spiro atoms. The topological polar surface area (TPSA) is 85.3 Å². The minimum atomic E-state index is -4.04. The van der Waals surface area contributed by atoms with Gasteiger partial charge in [0.05, 0.1) is 16.9 Å². The summed E-state index contributed by atoms with van der Waals surface area (Å²) in [7, 11) is -2.51. The molecule has 11 heteroatoms. The summed E-state index contributed by atoms with van der Waals surface area (Å²) in [6, 6.07) is 18.8. The van der Waals surface area contributed by atoms with Crippen LogP contribution < -0.4 is 9.47 Å². The molecule has 0 radical (unpaired) electrons. The molecule has 1 fully saturated rings. The normalized spacial score (nSPS) is 15.8. The van der Waals surface area contributed by atoms with Crippen molar-refractivity contribution in [1.82, 2.24) is 4.90 Å². The maximum absolute atomic E-state index is 13.1. The Bertz CT molecular complexity index is 1540. The van der Waals surface area contributed by atoms with Crippen LogP contribution in [0.4, 0.5) is 0 Å².